The van der Waals surface area contributed by atoms with Crippen LogP contribution in [0.2, 0.25) is 0 Å². The Morgan fingerprint density at radius 2 is 1.90 bits per heavy atom. The Balaban J connectivity index is 1.61. The number of benzene rings is 1. The SMILES string of the molecule is Cn1c(SCc2cn3ccccc3n2)nc2ccccc21. The van der Waals surface area contributed by atoms with E-state index in [2.05, 4.69) is 33.8 Å². The zero-order chi connectivity index (χ0) is 14.2. The molecule has 0 aliphatic heterocycles. The van der Waals surface area contributed by atoms with Crippen molar-refractivity contribution in [3.63, 3.8) is 0 Å². The average molecular weight is 294 g/mol. The van der Waals surface area contributed by atoms with E-state index < -0.39 is 0 Å². The molecular formula is C16H14N4S. The highest BCUT2D eigenvalue weighted by molar-refractivity contribution is 7.98. The maximum atomic E-state index is 4.67. The molecule has 0 bridgehead atoms. The lowest BCUT2D eigenvalue weighted by atomic mass is 10.3. The third-order valence-electron chi connectivity index (χ3n) is 3.51. The van der Waals surface area contributed by atoms with Gasteiger partial charge < -0.3 is 8.97 Å². The summed E-state index contributed by atoms with van der Waals surface area (Å²) in [4.78, 5) is 9.29. The summed E-state index contributed by atoms with van der Waals surface area (Å²) < 4.78 is 4.18. The summed E-state index contributed by atoms with van der Waals surface area (Å²) in [5.41, 5.74) is 4.25. The van der Waals surface area contributed by atoms with Crippen molar-refractivity contribution in [1.29, 1.82) is 0 Å². The number of imidazole rings is 2. The van der Waals surface area contributed by atoms with Crippen molar-refractivity contribution in [3.8, 4) is 0 Å². The molecule has 4 nitrogen and oxygen atoms in total. The minimum atomic E-state index is 0.818. The molecule has 21 heavy (non-hydrogen) atoms. The summed E-state index contributed by atoms with van der Waals surface area (Å²) in [5.74, 6) is 0.818. The van der Waals surface area contributed by atoms with Gasteiger partial charge in [-0.3, -0.25) is 0 Å². The molecule has 4 rings (SSSR count). The van der Waals surface area contributed by atoms with Crippen LogP contribution in [0.4, 0.5) is 0 Å². The predicted molar refractivity (Wildman–Crippen MR) is 85.5 cm³/mol. The molecule has 104 valence electrons. The largest absolute Gasteiger partial charge is 0.322 e. The summed E-state index contributed by atoms with van der Waals surface area (Å²) in [6.07, 6.45) is 4.09. The first kappa shape index (κ1) is 12.5. The Labute approximate surface area is 126 Å². The minimum Gasteiger partial charge on any atom is -0.322 e. The van der Waals surface area contributed by atoms with Crippen molar-refractivity contribution in [2.24, 2.45) is 7.05 Å². The first-order valence-corrected chi connectivity index (χ1v) is 7.77. The number of hydrogen-bond donors (Lipinski definition) is 0. The molecule has 0 N–H and O–H groups in total. The first-order valence-electron chi connectivity index (χ1n) is 6.78. The van der Waals surface area contributed by atoms with E-state index in [0.717, 1.165) is 33.3 Å². The highest BCUT2D eigenvalue weighted by Gasteiger charge is 2.09. The topological polar surface area (TPSA) is 35.1 Å². The Hall–Kier alpha value is -2.27. The van der Waals surface area contributed by atoms with E-state index in [9.17, 15) is 0 Å². The van der Waals surface area contributed by atoms with E-state index in [4.69, 9.17) is 0 Å². The van der Waals surface area contributed by atoms with Gasteiger partial charge in [0.1, 0.15) is 5.65 Å². The van der Waals surface area contributed by atoms with Crippen LogP contribution >= 0.6 is 11.8 Å². The second kappa shape index (κ2) is 4.93. The molecular weight excluding hydrogens is 280 g/mol. The molecule has 1 aromatic carbocycles. The number of fused-ring (bicyclic) bond motifs is 2. The van der Waals surface area contributed by atoms with Gasteiger partial charge in [0.2, 0.25) is 0 Å². The Morgan fingerprint density at radius 1 is 1.05 bits per heavy atom. The fourth-order valence-electron chi connectivity index (χ4n) is 2.45. The second-order valence-corrected chi connectivity index (χ2v) is 5.87. The maximum absolute atomic E-state index is 4.67. The lowest BCUT2D eigenvalue weighted by Gasteiger charge is -2.00. The fourth-order valence-corrected chi connectivity index (χ4v) is 3.32. The monoisotopic (exact) mass is 294 g/mol. The second-order valence-electron chi connectivity index (χ2n) is 4.93. The summed E-state index contributed by atoms with van der Waals surface area (Å²) in [7, 11) is 2.06. The van der Waals surface area contributed by atoms with Crippen LogP contribution in [0.25, 0.3) is 16.7 Å². The Kier molecular flexibility index (Phi) is 2.93. The van der Waals surface area contributed by atoms with Gasteiger partial charge in [0.05, 0.1) is 16.7 Å². The average Bonchev–Trinajstić information content (AvgIpc) is 3.07. The van der Waals surface area contributed by atoms with Crippen LogP contribution in [-0.4, -0.2) is 18.9 Å². The number of pyridine rings is 1. The molecule has 0 amide bonds. The molecule has 3 heterocycles. The van der Waals surface area contributed by atoms with Crippen LogP contribution in [0.15, 0.2) is 60.0 Å². The highest BCUT2D eigenvalue weighted by Crippen LogP contribution is 2.25. The summed E-state index contributed by atoms with van der Waals surface area (Å²) in [6.45, 7) is 0. The first-order chi connectivity index (χ1) is 10.3. The van der Waals surface area contributed by atoms with E-state index in [1.54, 1.807) is 11.8 Å². The Morgan fingerprint density at radius 3 is 2.76 bits per heavy atom. The molecule has 0 saturated carbocycles. The highest BCUT2D eigenvalue weighted by atomic mass is 32.2. The summed E-state index contributed by atoms with van der Waals surface area (Å²) >= 11 is 1.72. The third kappa shape index (κ3) is 2.19. The Bertz CT molecular complexity index is 889. The summed E-state index contributed by atoms with van der Waals surface area (Å²) in [5, 5.41) is 1.02. The lowest BCUT2D eigenvalue weighted by molar-refractivity contribution is 0.814. The number of rotatable bonds is 3. The molecule has 3 aromatic heterocycles. The lowest BCUT2D eigenvalue weighted by Crippen LogP contribution is -1.91. The number of para-hydroxylation sites is 2. The van der Waals surface area contributed by atoms with Gasteiger partial charge in [-0.15, -0.1) is 0 Å². The molecule has 0 atom stereocenters. The normalized spacial score (nSPS) is 11.5. The van der Waals surface area contributed by atoms with Gasteiger partial charge in [0.25, 0.3) is 0 Å². The van der Waals surface area contributed by atoms with Crippen molar-refractivity contribution in [3.05, 3.63) is 60.6 Å². The van der Waals surface area contributed by atoms with Crippen molar-refractivity contribution >= 4 is 28.4 Å². The zero-order valence-electron chi connectivity index (χ0n) is 11.6. The van der Waals surface area contributed by atoms with Gasteiger partial charge in [-0.05, 0) is 24.3 Å². The van der Waals surface area contributed by atoms with Crippen LogP contribution in [0.1, 0.15) is 5.69 Å². The van der Waals surface area contributed by atoms with E-state index in [1.807, 2.05) is 47.0 Å². The number of aryl methyl sites for hydroxylation is 1. The van der Waals surface area contributed by atoms with Gasteiger partial charge in [-0.1, -0.05) is 30.0 Å². The van der Waals surface area contributed by atoms with Crippen LogP contribution in [-0.2, 0) is 12.8 Å². The predicted octanol–water partition coefficient (Wildman–Crippen LogP) is 3.51. The van der Waals surface area contributed by atoms with Crippen LogP contribution < -0.4 is 0 Å². The van der Waals surface area contributed by atoms with Crippen molar-refractivity contribution in [2.45, 2.75) is 10.9 Å². The van der Waals surface area contributed by atoms with Gasteiger partial charge in [0, 0.05) is 25.2 Å². The molecule has 0 unspecified atom stereocenters. The van der Waals surface area contributed by atoms with E-state index in [1.165, 1.54) is 0 Å². The number of aromatic nitrogens is 4. The standard InChI is InChI=1S/C16H14N4S/c1-19-14-7-3-2-6-13(14)18-16(19)21-11-12-10-20-9-5-4-8-15(20)17-12/h2-10H,11H2,1H3. The van der Waals surface area contributed by atoms with Crippen molar-refractivity contribution in [1.82, 2.24) is 18.9 Å². The number of nitrogens with zero attached hydrogens (tertiary/aromatic N) is 4. The van der Waals surface area contributed by atoms with Gasteiger partial charge in [-0.2, -0.15) is 0 Å². The van der Waals surface area contributed by atoms with E-state index in [0.29, 0.717) is 0 Å². The van der Waals surface area contributed by atoms with Crippen LogP contribution in [0, 0.1) is 0 Å². The summed E-state index contributed by atoms with van der Waals surface area (Å²) in [6, 6.07) is 14.2. The fraction of sp³-hybridized carbons (Fsp3) is 0.125. The van der Waals surface area contributed by atoms with Gasteiger partial charge >= 0.3 is 0 Å². The molecule has 0 aliphatic rings. The minimum absolute atomic E-state index is 0.818. The molecule has 0 aliphatic carbocycles. The van der Waals surface area contributed by atoms with Crippen molar-refractivity contribution in [2.75, 3.05) is 0 Å². The molecule has 4 aromatic rings. The molecule has 5 heteroatoms. The quantitative estimate of drug-likeness (QED) is 0.542. The molecule has 0 saturated heterocycles. The van der Waals surface area contributed by atoms with Gasteiger partial charge in [-0.25, -0.2) is 9.97 Å². The van der Waals surface area contributed by atoms with E-state index >= 15 is 0 Å². The van der Waals surface area contributed by atoms with Crippen LogP contribution in [0.5, 0.6) is 0 Å². The number of hydrogen-bond acceptors (Lipinski definition) is 3. The third-order valence-corrected chi connectivity index (χ3v) is 4.57. The zero-order valence-corrected chi connectivity index (χ0v) is 12.4. The van der Waals surface area contributed by atoms with Gasteiger partial charge in [0.15, 0.2) is 5.16 Å². The number of thioether (sulfide) groups is 1. The molecule has 0 spiro atoms. The molecule has 0 radical (unpaired) electrons. The van der Waals surface area contributed by atoms with Crippen molar-refractivity contribution < 1.29 is 0 Å². The molecule has 0 fully saturated rings. The van der Waals surface area contributed by atoms with E-state index in [-0.39, 0.29) is 0 Å². The maximum Gasteiger partial charge on any atom is 0.169 e. The smallest absolute Gasteiger partial charge is 0.169 e. The van der Waals surface area contributed by atoms with Crippen LogP contribution in [0.3, 0.4) is 0 Å².